The van der Waals surface area contributed by atoms with Gasteiger partial charge in [0.05, 0.1) is 11.3 Å². The van der Waals surface area contributed by atoms with Crippen molar-refractivity contribution in [3.05, 3.63) is 35.1 Å². The number of aromatic nitrogens is 5. The standard InChI is InChI=1S/C16H15FN6OS2/c1-23-13(10-4-2-3-5-11(10)17)19-22-16(23)25-8-12(24)18-15-21-20-14(26-15)9-6-7-9/h2-5,9H,6-8H2,1H3,(H,18,21,24). The van der Waals surface area contributed by atoms with E-state index in [-0.39, 0.29) is 17.5 Å². The normalized spacial score (nSPS) is 13.8. The minimum absolute atomic E-state index is 0.154. The number of nitrogens with one attached hydrogen (secondary N) is 1. The predicted molar refractivity (Wildman–Crippen MR) is 97.6 cm³/mol. The molecule has 1 saturated carbocycles. The van der Waals surface area contributed by atoms with E-state index in [0.29, 0.717) is 27.6 Å². The van der Waals surface area contributed by atoms with Gasteiger partial charge in [0, 0.05) is 13.0 Å². The molecule has 1 aliphatic carbocycles. The average Bonchev–Trinajstić information content (AvgIpc) is 3.28. The maximum atomic E-state index is 13.9. The lowest BCUT2D eigenvalue weighted by Crippen LogP contribution is -2.14. The largest absolute Gasteiger partial charge is 0.305 e. The number of hydrogen-bond acceptors (Lipinski definition) is 7. The van der Waals surface area contributed by atoms with Crippen LogP contribution in [0.4, 0.5) is 9.52 Å². The number of thioether (sulfide) groups is 1. The summed E-state index contributed by atoms with van der Waals surface area (Å²) < 4.78 is 15.6. The van der Waals surface area contributed by atoms with Gasteiger partial charge in [0.2, 0.25) is 11.0 Å². The maximum Gasteiger partial charge on any atom is 0.236 e. The average molecular weight is 390 g/mol. The van der Waals surface area contributed by atoms with E-state index < -0.39 is 0 Å². The predicted octanol–water partition coefficient (Wildman–Crippen LogP) is 3.08. The van der Waals surface area contributed by atoms with Crippen LogP contribution in [-0.4, -0.2) is 36.6 Å². The topological polar surface area (TPSA) is 85.6 Å². The summed E-state index contributed by atoms with van der Waals surface area (Å²) in [4.78, 5) is 12.1. The molecule has 3 aromatic rings. The fourth-order valence-electron chi connectivity index (χ4n) is 2.38. The molecule has 10 heteroatoms. The molecule has 0 radical (unpaired) electrons. The highest BCUT2D eigenvalue weighted by Crippen LogP contribution is 2.42. The molecule has 2 heterocycles. The van der Waals surface area contributed by atoms with Crippen molar-refractivity contribution in [1.29, 1.82) is 0 Å². The first kappa shape index (κ1) is 17.1. The van der Waals surface area contributed by atoms with Crippen LogP contribution >= 0.6 is 23.1 Å². The van der Waals surface area contributed by atoms with Crippen LogP contribution in [0.3, 0.4) is 0 Å². The number of carbonyl (C=O) groups is 1. The highest BCUT2D eigenvalue weighted by atomic mass is 32.2. The van der Waals surface area contributed by atoms with Crippen molar-refractivity contribution in [3.63, 3.8) is 0 Å². The lowest BCUT2D eigenvalue weighted by Gasteiger charge is -2.04. The molecular formula is C16H15FN6OS2. The van der Waals surface area contributed by atoms with Crippen molar-refractivity contribution in [2.75, 3.05) is 11.1 Å². The Hall–Kier alpha value is -2.33. The molecule has 0 aliphatic heterocycles. The Morgan fingerprint density at radius 1 is 1.31 bits per heavy atom. The zero-order valence-electron chi connectivity index (χ0n) is 13.8. The summed E-state index contributed by atoms with van der Waals surface area (Å²) in [5.41, 5.74) is 0.375. The summed E-state index contributed by atoms with van der Waals surface area (Å²) in [6.45, 7) is 0. The molecule has 1 N–H and O–H groups in total. The van der Waals surface area contributed by atoms with E-state index in [2.05, 4.69) is 25.7 Å². The molecule has 1 fully saturated rings. The number of carbonyl (C=O) groups excluding carboxylic acids is 1. The van der Waals surface area contributed by atoms with Gasteiger partial charge in [-0.05, 0) is 25.0 Å². The van der Waals surface area contributed by atoms with Gasteiger partial charge in [-0.1, -0.05) is 35.2 Å². The second-order valence-corrected chi connectivity index (χ2v) is 7.85. The minimum atomic E-state index is -0.361. The third-order valence-corrected chi connectivity index (χ3v) is 5.92. The fraction of sp³-hybridized carbons (Fsp3) is 0.312. The molecule has 0 unspecified atom stereocenters. The second kappa shape index (κ2) is 7.12. The van der Waals surface area contributed by atoms with Gasteiger partial charge >= 0.3 is 0 Å². The van der Waals surface area contributed by atoms with Gasteiger partial charge in [-0.25, -0.2) is 4.39 Å². The minimum Gasteiger partial charge on any atom is -0.305 e. The number of anilines is 1. The van der Waals surface area contributed by atoms with Crippen molar-refractivity contribution in [2.45, 2.75) is 23.9 Å². The van der Waals surface area contributed by atoms with Gasteiger partial charge in [0.15, 0.2) is 11.0 Å². The van der Waals surface area contributed by atoms with Gasteiger partial charge in [-0.3, -0.25) is 10.1 Å². The second-order valence-electron chi connectivity index (χ2n) is 5.90. The first-order valence-electron chi connectivity index (χ1n) is 8.02. The van der Waals surface area contributed by atoms with E-state index in [1.807, 2.05) is 0 Å². The molecule has 26 heavy (non-hydrogen) atoms. The number of halogens is 1. The van der Waals surface area contributed by atoms with Crippen molar-refractivity contribution in [2.24, 2.45) is 7.05 Å². The van der Waals surface area contributed by atoms with E-state index in [4.69, 9.17) is 0 Å². The summed E-state index contributed by atoms with van der Waals surface area (Å²) in [6, 6.07) is 6.39. The first-order chi connectivity index (χ1) is 12.6. The Morgan fingerprint density at radius 2 is 2.12 bits per heavy atom. The van der Waals surface area contributed by atoms with Crippen LogP contribution in [-0.2, 0) is 11.8 Å². The number of amides is 1. The molecule has 134 valence electrons. The van der Waals surface area contributed by atoms with Gasteiger partial charge in [0.25, 0.3) is 0 Å². The number of nitrogens with zero attached hydrogens (tertiary/aromatic N) is 5. The zero-order valence-corrected chi connectivity index (χ0v) is 15.5. The Morgan fingerprint density at radius 3 is 2.88 bits per heavy atom. The van der Waals surface area contributed by atoms with Crippen LogP contribution in [0.5, 0.6) is 0 Å². The van der Waals surface area contributed by atoms with Crippen LogP contribution in [0.15, 0.2) is 29.4 Å². The molecular weight excluding hydrogens is 375 g/mol. The number of benzene rings is 1. The van der Waals surface area contributed by atoms with Crippen LogP contribution in [0.1, 0.15) is 23.8 Å². The van der Waals surface area contributed by atoms with E-state index in [0.717, 1.165) is 17.8 Å². The van der Waals surface area contributed by atoms with Crippen LogP contribution in [0.2, 0.25) is 0 Å². The van der Waals surface area contributed by atoms with Crippen LogP contribution < -0.4 is 5.32 Å². The van der Waals surface area contributed by atoms with Gasteiger partial charge in [-0.15, -0.1) is 20.4 Å². The lowest BCUT2D eigenvalue weighted by molar-refractivity contribution is -0.113. The molecule has 0 saturated heterocycles. The summed E-state index contributed by atoms with van der Waals surface area (Å²) >= 11 is 2.65. The van der Waals surface area contributed by atoms with Crippen molar-refractivity contribution in [1.82, 2.24) is 25.0 Å². The molecule has 1 amide bonds. The molecule has 0 spiro atoms. The van der Waals surface area contributed by atoms with Crippen molar-refractivity contribution < 1.29 is 9.18 Å². The molecule has 1 aromatic carbocycles. The Bertz CT molecular complexity index is 952. The van der Waals surface area contributed by atoms with Crippen molar-refractivity contribution >= 4 is 34.1 Å². The van der Waals surface area contributed by atoms with E-state index in [1.54, 1.807) is 29.8 Å². The van der Waals surface area contributed by atoms with Crippen LogP contribution in [0.25, 0.3) is 11.4 Å². The monoisotopic (exact) mass is 390 g/mol. The molecule has 0 bridgehead atoms. The maximum absolute atomic E-state index is 13.9. The lowest BCUT2D eigenvalue weighted by atomic mass is 10.2. The third-order valence-electron chi connectivity index (χ3n) is 3.90. The van der Waals surface area contributed by atoms with Gasteiger partial charge < -0.3 is 4.57 Å². The molecule has 0 atom stereocenters. The van der Waals surface area contributed by atoms with E-state index in [9.17, 15) is 9.18 Å². The number of hydrogen-bond donors (Lipinski definition) is 1. The summed E-state index contributed by atoms with van der Waals surface area (Å²) in [6.07, 6.45) is 2.30. The molecule has 1 aliphatic rings. The Balaban J connectivity index is 1.38. The summed E-state index contributed by atoms with van der Waals surface area (Å²) in [7, 11) is 1.74. The van der Waals surface area contributed by atoms with Gasteiger partial charge in [0.1, 0.15) is 10.8 Å². The molecule has 2 aromatic heterocycles. The summed E-state index contributed by atoms with van der Waals surface area (Å²) in [5, 5.41) is 21.0. The highest BCUT2D eigenvalue weighted by Gasteiger charge is 2.27. The van der Waals surface area contributed by atoms with Crippen molar-refractivity contribution in [3.8, 4) is 11.4 Å². The third kappa shape index (κ3) is 3.61. The van der Waals surface area contributed by atoms with E-state index in [1.165, 1.54) is 29.2 Å². The quantitative estimate of drug-likeness (QED) is 0.651. The SMILES string of the molecule is Cn1c(SCC(=O)Nc2nnc(C3CC3)s2)nnc1-c1ccccc1F. The first-order valence-corrected chi connectivity index (χ1v) is 9.82. The van der Waals surface area contributed by atoms with Crippen LogP contribution in [0, 0.1) is 5.82 Å². The summed E-state index contributed by atoms with van der Waals surface area (Å²) in [5.74, 6) is 0.540. The highest BCUT2D eigenvalue weighted by molar-refractivity contribution is 7.99. The zero-order chi connectivity index (χ0) is 18.1. The fourth-order valence-corrected chi connectivity index (χ4v) is 4.02. The Labute approximate surface area is 157 Å². The smallest absolute Gasteiger partial charge is 0.236 e. The van der Waals surface area contributed by atoms with E-state index >= 15 is 0 Å². The van der Waals surface area contributed by atoms with Gasteiger partial charge in [-0.2, -0.15) is 0 Å². The molecule has 7 nitrogen and oxygen atoms in total. The Kier molecular flexibility index (Phi) is 4.68. The number of rotatable bonds is 6. The molecule has 4 rings (SSSR count).